The first-order valence-electron chi connectivity index (χ1n) is 6.26. The van der Waals surface area contributed by atoms with Crippen molar-refractivity contribution in [2.75, 3.05) is 6.61 Å². The SMILES string of the molecule is N/C(=N\O)c1cccnc1OCCCc1ccncc1. The van der Waals surface area contributed by atoms with Crippen LogP contribution in [0.3, 0.4) is 0 Å². The number of hydrogen-bond donors (Lipinski definition) is 2. The van der Waals surface area contributed by atoms with Gasteiger partial charge in [0.1, 0.15) is 0 Å². The maximum atomic E-state index is 8.71. The average Bonchev–Trinajstić information content (AvgIpc) is 2.52. The second-order valence-electron chi connectivity index (χ2n) is 4.15. The van der Waals surface area contributed by atoms with Gasteiger partial charge in [0, 0.05) is 18.6 Å². The number of nitrogens with zero attached hydrogens (tertiary/aromatic N) is 3. The molecule has 3 N–H and O–H groups in total. The summed E-state index contributed by atoms with van der Waals surface area (Å²) in [6, 6.07) is 7.35. The number of hydrogen-bond acceptors (Lipinski definition) is 5. The van der Waals surface area contributed by atoms with Crippen LogP contribution in [0.1, 0.15) is 17.5 Å². The van der Waals surface area contributed by atoms with Crippen LogP contribution in [-0.2, 0) is 6.42 Å². The summed E-state index contributed by atoms with van der Waals surface area (Å²) in [5, 5.41) is 11.7. The molecule has 20 heavy (non-hydrogen) atoms. The van der Waals surface area contributed by atoms with Gasteiger partial charge in [0.2, 0.25) is 5.88 Å². The van der Waals surface area contributed by atoms with E-state index in [-0.39, 0.29) is 5.84 Å². The van der Waals surface area contributed by atoms with E-state index in [0.29, 0.717) is 18.1 Å². The van der Waals surface area contributed by atoms with Crippen LogP contribution in [0.4, 0.5) is 0 Å². The lowest BCUT2D eigenvalue weighted by molar-refractivity contribution is 0.297. The third kappa shape index (κ3) is 3.68. The molecule has 0 saturated carbocycles. The molecule has 104 valence electrons. The van der Waals surface area contributed by atoms with Gasteiger partial charge < -0.3 is 15.7 Å². The van der Waals surface area contributed by atoms with Crippen LogP contribution in [0.15, 0.2) is 48.0 Å². The van der Waals surface area contributed by atoms with Gasteiger partial charge in [-0.3, -0.25) is 4.98 Å². The molecule has 0 saturated heterocycles. The molecule has 6 heteroatoms. The van der Waals surface area contributed by atoms with Crippen LogP contribution in [0.2, 0.25) is 0 Å². The first-order chi connectivity index (χ1) is 9.81. The lowest BCUT2D eigenvalue weighted by Crippen LogP contribution is -2.16. The molecule has 0 amide bonds. The second kappa shape index (κ2) is 7.08. The van der Waals surface area contributed by atoms with Crippen LogP contribution < -0.4 is 10.5 Å². The van der Waals surface area contributed by atoms with Gasteiger partial charge in [0.25, 0.3) is 0 Å². The van der Waals surface area contributed by atoms with E-state index in [4.69, 9.17) is 15.7 Å². The van der Waals surface area contributed by atoms with Gasteiger partial charge in [0.15, 0.2) is 5.84 Å². The predicted octanol–water partition coefficient (Wildman–Crippen LogP) is 1.58. The van der Waals surface area contributed by atoms with Gasteiger partial charge in [-0.2, -0.15) is 0 Å². The Morgan fingerprint density at radius 2 is 2.05 bits per heavy atom. The smallest absolute Gasteiger partial charge is 0.224 e. The summed E-state index contributed by atoms with van der Waals surface area (Å²) in [5.41, 5.74) is 7.26. The third-order valence-corrected chi connectivity index (χ3v) is 2.75. The summed E-state index contributed by atoms with van der Waals surface area (Å²) in [6.45, 7) is 0.505. The molecule has 2 rings (SSSR count). The largest absolute Gasteiger partial charge is 0.477 e. The van der Waals surface area contributed by atoms with Gasteiger partial charge in [-0.1, -0.05) is 5.16 Å². The molecule has 0 aliphatic heterocycles. The van der Waals surface area contributed by atoms with Crippen molar-refractivity contribution in [1.82, 2.24) is 9.97 Å². The number of aryl methyl sites for hydroxylation is 1. The fourth-order valence-electron chi connectivity index (χ4n) is 1.75. The van der Waals surface area contributed by atoms with Crippen molar-refractivity contribution < 1.29 is 9.94 Å². The Morgan fingerprint density at radius 3 is 2.80 bits per heavy atom. The van der Waals surface area contributed by atoms with E-state index in [1.165, 1.54) is 5.56 Å². The summed E-state index contributed by atoms with van der Waals surface area (Å²) >= 11 is 0. The molecule has 0 atom stereocenters. The first kappa shape index (κ1) is 13.8. The zero-order valence-corrected chi connectivity index (χ0v) is 10.9. The fraction of sp³-hybridized carbons (Fsp3) is 0.214. The van der Waals surface area contributed by atoms with Crippen molar-refractivity contribution in [1.29, 1.82) is 0 Å². The average molecular weight is 272 g/mol. The van der Waals surface area contributed by atoms with E-state index < -0.39 is 0 Å². The minimum Gasteiger partial charge on any atom is -0.477 e. The highest BCUT2D eigenvalue weighted by Crippen LogP contribution is 2.14. The van der Waals surface area contributed by atoms with Gasteiger partial charge in [-0.15, -0.1) is 0 Å². The highest BCUT2D eigenvalue weighted by Gasteiger charge is 2.08. The number of pyridine rings is 2. The normalized spacial score (nSPS) is 11.3. The molecule has 2 heterocycles. The Kier molecular flexibility index (Phi) is 4.88. The van der Waals surface area contributed by atoms with Crippen LogP contribution >= 0.6 is 0 Å². The van der Waals surface area contributed by atoms with E-state index in [1.54, 1.807) is 30.7 Å². The van der Waals surface area contributed by atoms with Gasteiger partial charge in [0.05, 0.1) is 12.2 Å². The van der Waals surface area contributed by atoms with Crippen LogP contribution in [-0.4, -0.2) is 27.6 Å². The maximum absolute atomic E-state index is 8.71. The summed E-state index contributed by atoms with van der Waals surface area (Å²) in [5.74, 6) is 0.361. The minimum atomic E-state index is -0.0118. The molecule has 0 fully saturated rings. The molecule has 6 nitrogen and oxygen atoms in total. The van der Waals surface area contributed by atoms with Crippen molar-refractivity contribution in [3.05, 3.63) is 54.0 Å². The number of rotatable bonds is 6. The van der Waals surface area contributed by atoms with Gasteiger partial charge >= 0.3 is 0 Å². The maximum Gasteiger partial charge on any atom is 0.224 e. The highest BCUT2D eigenvalue weighted by molar-refractivity contribution is 5.98. The Hall–Kier alpha value is -2.63. The van der Waals surface area contributed by atoms with Crippen LogP contribution in [0, 0.1) is 0 Å². The lowest BCUT2D eigenvalue weighted by atomic mass is 10.1. The van der Waals surface area contributed by atoms with Crippen molar-refractivity contribution in [2.45, 2.75) is 12.8 Å². The summed E-state index contributed by atoms with van der Waals surface area (Å²) in [7, 11) is 0. The molecule has 0 unspecified atom stereocenters. The second-order valence-corrected chi connectivity index (χ2v) is 4.15. The van der Waals surface area contributed by atoms with Crippen LogP contribution in [0.5, 0.6) is 5.88 Å². The molecule has 0 aromatic carbocycles. The van der Waals surface area contributed by atoms with Crippen molar-refractivity contribution in [2.24, 2.45) is 10.9 Å². The standard InChI is InChI=1S/C14H16N4O2/c15-13(18-19)12-4-1-7-17-14(12)20-10-2-3-11-5-8-16-9-6-11/h1,4-9,19H,2-3,10H2,(H2,15,18). The Bertz CT molecular complexity index is 572. The number of aromatic nitrogens is 2. The van der Waals surface area contributed by atoms with Gasteiger partial charge in [-0.05, 0) is 42.7 Å². The van der Waals surface area contributed by atoms with E-state index in [2.05, 4.69) is 15.1 Å². The monoisotopic (exact) mass is 272 g/mol. The molecule has 2 aromatic rings. The van der Waals surface area contributed by atoms with Gasteiger partial charge in [-0.25, -0.2) is 4.98 Å². The lowest BCUT2D eigenvalue weighted by Gasteiger charge is -2.09. The van der Waals surface area contributed by atoms with E-state index in [0.717, 1.165) is 12.8 Å². The Morgan fingerprint density at radius 1 is 1.25 bits per heavy atom. The number of nitrogens with two attached hydrogens (primary N) is 1. The predicted molar refractivity (Wildman–Crippen MR) is 74.8 cm³/mol. The molecule has 0 radical (unpaired) electrons. The Balaban J connectivity index is 1.88. The summed E-state index contributed by atoms with van der Waals surface area (Å²) in [4.78, 5) is 8.06. The molecular weight excluding hydrogens is 256 g/mol. The first-order valence-corrected chi connectivity index (χ1v) is 6.26. The summed E-state index contributed by atoms with van der Waals surface area (Å²) < 4.78 is 5.58. The zero-order valence-electron chi connectivity index (χ0n) is 10.9. The fourth-order valence-corrected chi connectivity index (χ4v) is 1.75. The molecule has 0 spiro atoms. The van der Waals surface area contributed by atoms with E-state index in [9.17, 15) is 0 Å². The van der Waals surface area contributed by atoms with Crippen molar-refractivity contribution in [3.63, 3.8) is 0 Å². The summed E-state index contributed by atoms with van der Waals surface area (Å²) in [6.07, 6.45) is 6.88. The van der Waals surface area contributed by atoms with E-state index in [1.807, 2.05) is 12.1 Å². The van der Waals surface area contributed by atoms with Crippen molar-refractivity contribution >= 4 is 5.84 Å². The molecular formula is C14H16N4O2. The quantitative estimate of drug-likeness (QED) is 0.274. The van der Waals surface area contributed by atoms with Crippen LogP contribution in [0.25, 0.3) is 0 Å². The minimum absolute atomic E-state index is 0.0118. The number of amidine groups is 1. The molecule has 2 aromatic heterocycles. The third-order valence-electron chi connectivity index (χ3n) is 2.75. The molecule has 0 aliphatic rings. The molecule has 0 bridgehead atoms. The zero-order chi connectivity index (χ0) is 14.2. The highest BCUT2D eigenvalue weighted by atomic mass is 16.5. The number of oxime groups is 1. The topological polar surface area (TPSA) is 93.6 Å². The number of ether oxygens (including phenoxy) is 1. The molecule has 0 aliphatic carbocycles. The Labute approximate surface area is 116 Å². The van der Waals surface area contributed by atoms with E-state index >= 15 is 0 Å². The van der Waals surface area contributed by atoms with Crippen molar-refractivity contribution in [3.8, 4) is 5.88 Å².